The SMILES string of the molecule is Cc1c(C(=O)O)cc(-c2cc(Cl)ccc2C(=O)N2CCc3ccccc3[C@H]2COCCN2CCOCC2)n1C. The lowest BCUT2D eigenvalue weighted by Gasteiger charge is -2.38. The number of fused-ring (bicyclic) bond motifs is 1. The number of rotatable bonds is 8. The quantitative estimate of drug-likeness (QED) is 0.417. The Morgan fingerprint density at radius 1 is 1.08 bits per heavy atom. The molecule has 2 aliphatic rings. The number of carbonyl (C=O) groups excluding carboxylic acids is 1. The first kappa shape index (κ1) is 27.4. The Bertz CT molecular complexity index is 1360. The lowest BCUT2D eigenvalue weighted by Crippen LogP contribution is -2.43. The molecule has 1 N–H and O–H groups in total. The van der Waals surface area contributed by atoms with Gasteiger partial charge in [-0.25, -0.2) is 4.79 Å². The molecule has 1 aromatic heterocycles. The number of carboxylic acids is 1. The fourth-order valence-corrected chi connectivity index (χ4v) is 5.70. The number of nitrogens with zero attached hydrogens (tertiary/aromatic N) is 3. The van der Waals surface area contributed by atoms with Gasteiger partial charge < -0.3 is 24.0 Å². The molecule has 0 spiro atoms. The summed E-state index contributed by atoms with van der Waals surface area (Å²) < 4.78 is 13.4. The van der Waals surface area contributed by atoms with Gasteiger partial charge in [-0.15, -0.1) is 0 Å². The predicted molar refractivity (Wildman–Crippen MR) is 150 cm³/mol. The van der Waals surface area contributed by atoms with Crippen molar-refractivity contribution >= 4 is 23.5 Å². The zero-order valence-corrected chi connectivity index (χ0v) is 23.1. The Balaban J connectivity index is 1.43. The van der Waals surface area contributed by atoms with Crippen LogP contribution in [0, 0.1) is 6.92 Å². The van der Waals surface area contributed by atoms with Gasteiger partial charge in [0.05, 0.1) is 38.0 Å². The molecule has 3 aromatic rings. The van der Waals surface area contributed by atoms with Gasteiger partial charge in [0.15, 0.2) is 0 Å². The number of carbonyl (C=O) groups is 2. The van der Waals surface area contributed by atoms with Crippen LogP contribution in [-0.4, -0.2) is 84.0 Å². The maximum Gasteiger partial charge on any atom is 0.337 e. The zero-order chi connectivity index (χ0) is 27.5. The van der Waals surface area contributed by atoms with Crippen molar-refractivity contribution in [1.29, 1.82) is 0 Å². The smallest absolute Gasteiger partial charge is 0.337 e. The number of carboxylic acid groups (broad SMARTS) is 1. The number of ether oxygens (including phenoxy) is 2. The van der Waals surface area contributed by atoms with Crippen LogP contribution in [0.25, 0.3) is 11.3 Å². The van der Waals surface area contributed by atoms with E-state index in [1.165, 1.54) is 5.56 Å². The van der Waals surface area contributed by atoms with Gasteiger partial charge in [0.25, 0.3) is 5.91 Å². The van der Waals surface area contributed by atoms with Crippen molar-refractivity contribution < 1.29 is 24.2 Å². The average Bonchev–Trinajstić information content (AvgIpc) is 3.25. The van der Waals surface area contributed by atoms with Gasteiger partial charge in [0, 0.05) is 60.8 Å². The molecule has 9 heteroatoms. The molecule has 8 nitrogen and oxygen atoms in total. The Hall–Kier alpha value is -3.17. The lowest BCUT2D eigenvalue weighted by atomic mass is 9.91. The number of morpholine rings is 1. The second-order valence-electron chi connectivity index (χ2n) is 10.1. The molecule has 2 aliphatic heterocycles. The van der Waals surface area contributed by atoms with E-state index < -0.39 is 5.97 Å². The molecule has 1 atom stereocenters. The number of amides is 1. The highest BCUT2D eigenvalue weighted by atomic mass is 35.5. The first-order chi connectivity index (χ1) is 18.8. The van der Waals surface area contributed by atoms with E-state index in [4.69, 9.17) is 21.1 Å². The van der Waals surface area contributed by atoms with Crippen LogP contribution >= 0.6 is 11.6 Å². The Labute approximate surface area is 233 Å². The Morgan fingerprint density at radius 2 is 1.85 bits per heavy atom. The van der Waals surface area contributed by atoms with Gasteiger partial charge in [-0.05, 0) is 48.7 Å². The largest absolute Gasteiger partial charge is 0.478 e. The zero-order valence-electron chi connectivity index (χ0n) is 22.4. The second kappa shape index (κ2) is 11.9. The number of hydrogen-bond donors (Lipinski definition) is 1. The van der Waals surface area contributed by atoms with Crippen molar-refractivity contribution in [3.05, 3.63) is 81.5 Å². The molecule has 1 fully saturated rings. The summed E-state index contributed by atoms with van der Waals surface area (Å²) in [6.07, 6.45) is 0.752. The molecule has 206 valence electrons. The number of benzene rings is 2. The molecule has 1 saturated heterocycles. The van der Waals surface area contributed by atoms with Crippen LogP contribution in [0.1, 0.15) is 43.6 Å². The summed E-state index contributed by atoms with van der Waals surface area (Å²) in [6.45, 7) is 7.41. The molecular formula is C30H34ClN3O5. The summed E-state index contributed by atoms with van der Waals surface area (Å²) in [5.41, 5.74) is 4.85. The van der Waals surface area contributed by atoms with Crippen LogP contribution in [-0.2, 0) is 22.9 Å². The molecule has 0 saturated carbocycles. The van der Waals surface area contributed by atoms with E-state index in [-0.39, 0.29) is 17.5 Å². The van der Waals surface area contributed by atoms with Gasteiger partial charge in [-0.2, -0.15) is 0 Å². The van der Waals surface area contributed by atoms with Crippen molar-refractivity contribution in [1.82, 2.24) is 14.4 Å². The van der Waals surface area contributed by atoms with Gasteiger partial charge in [0.1, 0.15) is 0 Å². The minimum atomic E-state index is -1.01. The van der Waals surface area contributed by atoms with E-state index in [1.54, 1.807) is 42.8 Å². The van der Waals surface area contributed by atoms with Crippen molar-refractivity contribution in [3.63, 3.8) is 0 Å². The van der Waals surface area contributed by atoms with E-state index in [0.29, 0.717) is 47.3 Å². The first-order valence-electron chi connectivity index (χ1n) is 13.3. The molecule has 3 heterocycles. The summed E-state index contributed by atoms with van der Waals surface area (Å²) >= 11 is 6.38. The maximum absolute atomic E-state index is 14.2. The van der Waals surface area contributed by atoms with Gasteiger partial charge in [-0.3, -0.25) is 9.69 Å². The monoisotopic (exact) mass is 551 g/mol. The second-order valence-corrected chi connectivity index (χ2v) is 10.5. The van der Waals surface area contributed by atoms with Crippen LogP contribution in [0.2, 0.25) is 5.02 Å². The van der Waals surface area contributed by atoms with Crippen molar-refractivity contribution in [2.45, 2.75) is 19.4 Å². The van der Waals surface area contributed by atoms with Gasteiger partial charge in [0.2, 0.25) is 0 Å². The van der Waals surface area contributed by atoms with E-state index >= 15 is 0 Å². The summed E-state index contributed by atoms with van der Waals surface area (Å²) in [5, 5.41) is 10.1. The van der Waals surface area contributed by atoms with Crippen LogP contribution in [0.15, 0.2) is 48.5 Å². The molecule has 5 rings (SSSR count). The minimum absolute atomic E-state index is 0.131. The topological polar surface area (TPSA) is 84.2 Å². The average molecular weight is 552 g/mol. The normalized spacial score (nSPS) is 17.7. The molecule has 39 heavy (non-hydrogen) atoms. The highest BCUT2D eigenvalue weighted by molar-refractivity contribution is 6.31. The molecule has 0 aliphatic carbocycles. The third-order valence-corrected chi connectivity index (χ3v) is 8.09. The van der Waals surface area contributed by atoms with Crippen LogP contribution in [0.5, 0.6) is 0 Å². The standard InChI is InChI=1S/C30H34ClN3O5/c1-20-25(30(36)37)18-27(32(20)2)26-17-22(31)7-8-24(26)29(35)34-10-9-21-5-3-4-6-23(21)28(34)19-39-16-13-33-11-14-38-15-12-33/h3-8,17-18,28H,9-16,19H2,1-2H3,(H,36,37)/t28-/m1/s1. The van der Waals surface area contributed by atoms with Gasteiger partial charge in [-0.1, -0.05) is 35.9 Å². The number of aromatic carboxylic acids is 1. The van der Waals surface area contributed by atoms with Crippen molar-refractivity contribution in [2.24, 2.45) is 7.05 Å². The van der Waals surface area contributed by atoms with Crippen molar-refractivity contribution in [3.8, 4) is 11.3 Å². The highest BCUT2D eigenvalue weighted by Crippen LogP contribution is 2.35. The summed E-state index contributed by atoms with van der Waals surface area (Å²) in [6, 6.07) is 14.8. The first-order valence-corrected chi connectivity index (χ1v) is 13.7. The Morgan fingerprint density at radius 3 is 2.59 bits per heavy atom. The van der Waals surface area contributed by atoms with Gasteiger partial charge >= 0.3 is 5.97 Å². The van der Waals surface area contributed by atoms with Crippen LogP contribution < -0.4 is 0 Å². The lowest BCUT2D eigenvalue weighted by molar-refractivity contribution is 0.00808. The molecule has 0 unspecified atom stereocenters. The summed E-state index contributed by atoms with van der Waals surface area (Å²) in [5.74, 6) is -1.14. The summed E-state index contributed by atoms with van der Waals surface area (Å²) in [7, 11) is 1.80. The number of halogens is 1. The predicted octanol–water partition coefficient (Wildman–Crippen LogP) is 4.44. The van der Waals surface area contributed by atoms with E-state index in [2.05, 4.69) is 17.0 Å². The van der Waals surface area contributed by atoms with E-state index in [1.807, 2.05) is 17.0 Å². The third-order valence-electron chi connectivity index (χ3n) is 7.86. The minimum Gasteiger partial charge on any atom is -0.478 e. The van der Waals surface area contributed by atoms with E-state index in [0.717, 1.165) is 44.8 Å². The summed E-state index contributed by atoms with van der Waals surface area (Å²) in [4.78, 5) is 30.2. The Kier molecular flexibility index (Phi) is 8.37. The number of hydrogen-bond acceptors (Lipinski definition) is 5. The molecular weight excluding hydrogens is 518 g/mol. The fourth-order valence-electron chi connectivity index (χ4n) is 5.53. The maximum atomic E-state index is 14.2. The molecule has 1 amide bonds. The molecule has 0 bridgehead atoms. The van der Waals surface area contributed by atoms with Crippen molar-refractivity contribution in [2.75, 3.05) is 52.6 Å². The third kappa shape index (κ3) is 5.75. The van der Waals surface area contributed by atoms with Crippen LogP contribution in [0.4, 0.5) is 0 Å². The van der Waals surface area contributed by atoms with E-state index in [9.17, 15) is 14.7 Å². The number of aromatic nitrogens is 1. The fraction of sp³-hybridized carbons (Fsp3) is 0.400. The molecule has 0 radical (unpaired) electrons. The van der Waals surface area contributed by atoms with Crippen LogP contribution in [0.3, 0.4) is 0 Å². The molecule has 2 aromatic carbocycles. The highest BCUT2D eigenvalue weighted by Gasteiger charge is 2.33.